The molecule has 0 atom stereocenters. The summed E-state index contributed by atoms with van der Waals surface area (Å²) >= 11 is 5.99. The number of halogens is 1. The average molecular weight is 275 g/mol. The summed E-state index contributed by atoms with van der Waals surface area (Å²) in [6, 6.07) is 3.55. The van der Waals surface area contributed by atoms with Gasteiger partial charge in [0.2, 0.25) is 5.43 Å². The van der Waals surface area contributed by atoms with Crippen LogP contribution in [0.1, 0.15) is 18.4 Å². The van der Waals surface area contributed by atoms with E-state index in [1.54, 1.807) is 6.07 Å². The van der Waals surface area contributed by atoms with E-state index in [4.69, 9.17) is 17.3 Å². The Bertz CT molecular complexity index is 776. The quantitative estimate of drug-likeness (QED) is 0.815. The molecule has 4 heteroatoms. The van der Waals surface area contributed by atoms with Crippen LogP contribution in [0.4, 0.5) is 0 Å². The molecule has 0 saturated carbocycles. The molecule has 0 aromatic carbocycles. The van der Waals surface area contributed by atoms with Crippen molar-refractivity contribution in [1.29, 1.82) is 0 Å². The SMILES string of the molecule is NCC=c1[nH]c2c(c3c(=O)c(Cl)ccc1-3)CCCC=2. The summed E-state index contributed by atoms with van der Waals surface area (Å²) in [6.07, 6.45) is 7.07. The topological polar surface area (TPSA) is 58.9 Å². The molecule has 3 rings (SSSR count). The summed E-state index contributed by atoms with van der Waals surface area (Å²) in [7, 11) is 0. The zero-order valence-corrected chi connectivity index (χ0v) is 11.3. The van der Waals surface area contributed by atoms with Crippen molar-refractivity contribution in [3.05, 3.63) is 43.6 Å². The molecule has 0 amide bonds. The van der Waals surface area contributed by atoms with Gasteiger partial charge in [0.05, 0.1) is 5.02 Å². The van der Waals surface area contributed by atoms with E-state index in [0.29, 0.717) is 6.54 Å². The van der Waals surface area contributed by atoms with Gasteiger partial charge in [-0.25, -0.2) is 0 Å². The zero-order valence-electron chi connectivity index (χ0n) is 10.5. The molecule has 3 aliphatic rings. The van der Waals surface area contributed by atoms with Crippen LogP contribution in [0.25, 0.3) is 23.3 Å². The number of H-pyrrole nitrogens is 1. The number of hydrogen-bond acceptors (Lipinski definition) is 2. The molecule has 0 unspecified atom stereocenters. The fourth-order valence-corrected chi connectivity index (χ4v) is 2.90. The monoisotopic (exact) mass is 274 g/mol. The fourth-order valence-electron chi connectivity index (χ4n) is 2.74. The highest BCUT2D eigenvalue weighted by Crippen LogP contribution is 2.21. The average Bonchev–Trinajstić information content (AvgIpc) is 2.43. The minimum absolute atomic E-state index is 0.0774. The van der Waals surface area contributed by atoms with Gasteiger partial charge >= 0.3 is 0 Å². The number of hydrogen-bond donors (Lipinski definition) is 2. The number of aromatic amines is 1. The van der Waals surface area contributed by atoms with E-state index in [1.165, 1.54) is 0 Å². The van der Waals surface area contributed by atoms with Crippen molar-refractivity contribution in [2.75, 3.05) is 6.54 Å². The first-order valence-corrected chi connectivity index (χ1v) is 6.84. The lowest BCUT2D eigenvalue weighted by Gasteiger charge is -2.16. The van der Waals surface area contributed by atoms with Crippen LogP contribution in [-0.2, 0) is 6.42 Å². The Hall–Kier alpha value is -1.58. The lowest BCUT2D eigenvalue weighted by molar-refractivity contribution is 0.820. The summed E-state index contributed by atoms with van der Waals surface area (Å²) in [5, 5.41) is 2.23. The predicted octanol–water partition coefficient (Wildman–Crippen LogP) is 0.989. The number of rotatable bonds is 1. The fraction of sp³-hybridized carbons (Fsp3) is 0.267. The highest BCUT2D eigenvalue weighted by Gasteiger charge is 2.18. The molecule has 2 aliphatic carbocycles. The van der Waals surface area contributed by atoms with E-state index in [2.05, 4.69) is 11.1 Å². The standard InChI is InChI=1S/C15H15ClN2O/c16-11-6-5-10-13(7-8-17)18-12-4-2-1-3-9(12)14(10)15(11)19/h4-7,18H,1-3,8,17H2. The van der Waals surface area contributed by atoms with Crippen LogP contribution < -0.4 is 21.9 Å². The molecular formula is C15H15ClN2O. The molecule has 98 valence electrons. The van der Waals surface area contributed by atoms with Gasteiger partial charge in [0.15, 0.2) is 0 Å². The Morgan fingerprint density at radius 2 is 2.26 bits per heavy atom. The van der Waals surface area contributed by atoms with Gasteiger partial charge in [0.1, 0.15) is 0 Å². The number of nitrogens with one attached hydrogen (secondary N) is 1. The van der Waals surface area contributed by atoms with Gasteiger partial charge in [-0.15, -0.1) is 0 Å². The first kappa shape index (κ1) is 12.5. The second-order valence-corrected chi connectivity index (χ2v) is 5.17. The molecule has 1 heterocycles. The van der Waals surface area contributed by atoms with Crippen LogP contribution in [0.2, 0.25) is 5.02 Å². The minimum Gasteiger partial charge on any atom is -0.355 e. The number of fused-ring (bicyclic) bond motifs is 3. The van der Waals surface area contributed by atoms with Crippen molar-refractivity contribution in [2.24, 2.45) is 5.73 Å². The smallest absolute Gasteiger partial charge is 0.205 e. The van der Waals surface area contributed by atoms with Crippen molar-refractivity contribution < 1.29 is 0 Å². The van der Waals surface area contributed by atoms with E-state index in [0.717, 1.165) is 46.7 Å². The first-order valence-electron chi connectivity index (χ1n) is 6.46. The number of aromatic nitrogens is 1. The molecule has 3 N–H and O–H groups in total. The second kappa shape index (κ2) is 4.83. The molecule has 0 fully saturated rings. The molecule has 0 radical (unpaired) electrons. The summed E-state index contributed by atoms with van der Waals surface area (Å²) in [6.45, 7) is 0.432. The summed E-state index contributed by atoms with van der Waals surface area (Å²) in [5.74, 6) is 0. The molecule has 0 aromatic heterocycles. The second-order valence-electron chi connectivity index (χ2n) is 4.77. The maximum absolute atomic E-state index is 12.4. The van der Waals surface area contributed by atoms with Gasteiger partial charge in [0, 0.05) is 28.4 Å². The summed E-state index contributed by atoms with van der Waals surface area (Å²) in [5.41, 5.74) is 8.27. The Balaban J connectivity index is 2.55. The van der Waals surface area contributed by atoms with Crippen LogP contribution >= 0.6 is 11.6 Å². The van der Waals surface area contributed by atoms with Crippen molar-refractivity contribution in [3.63, 3.8) is 0 Å². The van der Waals surface area contributed by atoms with E-state index in [-0.39, 0.29) is 10.5 Å². The maximum Gasteiger partial charge on any atom is 0.205 e. The van der Waals surface area contributed by atoms with E-state index >= 15 is 0 Å². The van der Waals surface area contributed by atoms with Crippen molar-refractivity contribution in [3.8, 4) is 11.1 Å². The lowest BCUT2D eigenvalue weighted by Crippen LogP contribution is -2.33. The van der Waals surface area contributed by atoms with Crippen molar-refractivity contribution in [1.82, 2.24) is 4.98 Å². The molecular weight excluding hydrogens is 260 g/mol. The molecule has 0 spiro atoms. The third-order valence-corrected chi connectivity index (χ3v) is 3.90. The Kier molecular flexibility index (Phi) is 3.17. The van der Waals surface area contributed by atoms with E-state index < -0.39 is 0 Å². The molecule has 3 nitrogen and oxygen atoms in total. The van der Waals surface area contributed by atoms with Crippen LogP contribution in [-0.4, -0.2) is 11.5 Å². The van der Waals surface area contributed by atoms with Gasteiger partial charge in [0.25, 0.3) is 0 Å². The zero-order chi connectivity index (χ0) is 13.4. The van der Waals surface area contributed by atoms with E-state index in [9.17, 15) is 4.79 Å². The predicted molar refractivity (Wildman–Crippen MR) is 78.9 cm³/mol. The van der Waals surface area contributed by atoms with Crippen LogP contribution in [0.3, 0.4) is 0 Å². The third kappa shape index (κ3) is 1.99. The summed E-state index contributed by atoms with van der Waals surface area (Å²) in [4.78, 5) is 15.7. The molecule has 0 bridgehead atoms. The van der Waals surface area contributed by atoms with Crippen LogP contribution in [0, 0.1) is 0 Å². The normalized spacial score (nSPS) is 15.4. The molecule has 1 aliphatic heterocycles. The number of pyridine rings is 1. The Labute approximate surface area is 115 Å². The van der Waals surface area contributed by atoms with Gasteiger partial charge in [-0.2, -0.15) is 0 Å². The van der Waals surface area contributed by atoms with Crippen LogP contribution in [0.15, 0.2) is 16.9 Å². The third-order valence-electron chi connectivity index (χ3n) is 3.60. The molecule has 19 heavy (non-hydrogen) atoms. The molecule has 0 aromatic rings. The highest BCUT2D eigenvalue weighted by atomic mass is 35.5. The highest BCUT2D eigenvalue weighted by molar-refractivity contribution is 6.30. The Morgan fingerprint density at radius 1 is 1.42 bits per heavy atom. The lowest BCUT2D eigenvalue weighted by atomic mass is 9.92. The number of benzene rings is 1. The first-order chi connectivity index (χ1) is 9.22. The van der Waals surface area contributed by atoms with Gasteiger partial charge in [-0.3, -0.25) is 4.79 Å². The number of nitrogens with two attached hydrogens (primary N) is 1. The minimum atomic E-state index is -0.0774. The van der Waals surface area contributed by atoms with Crippen LogP contribution in [0.5, 0.6) is 0 Å². The van der Waals surface area contributed by atoms with Gasteiger partial charge < -0.3 is 10.7 Å². The maximum atomic E-state index is 12.4. The summed E-state index contributed by atoms with van der Waals surface area (Å²) < 4.78 is 0. The molecule has 0 saturated heterocycles. The van der Waals surface area contributed by atoms with Crippen molar-refractivity contribution >= 4 is 23.8 Å². The van der Waals surface area contributed by atoms with Gasteiger partial charge in [-0.05, 0) is 37.0 Å². The largest absolute Gasteiger partial charge is 0.355 e. The Morgan fingerprint density at radius 3 is 3.05 bits per heavy atom. The van der Waals surface area contributed by atoms with Crippen molar-refractivity contribution in [2.45, 2.75) is 19.3 Å². The van der Waals surface area contributed by atoms with E-state index in [1.807, 2.05) is 12.1 Å². The van der Waals surface area contributed by atoms with Gasteiger partial charge in [-0.1, -0.05) is 23.7 Å².